The Hall–Kier alpha value is -2.26. The summed E-state index contributed by atoms with van der Waals surface area (Å²) in [6, 6.07) is 10.7. The molecule has 0 bridgehead atoms. The van der Waals surface area contributed by atoms with E-state index in [-0.39, 0.29) is 65.8 Å². The van der Waals surface area contributed by atoms with E-state index in [2.05, 4.69) is 28.4 Å². The standard InChI is InChI=1S/C12H11ClO5S.C10H10O5S.Na/c1-10(14)17-8-2-3-9-18-11-4-6-12(7-5-11)19(13,15)16;11-7-1-2-8-15-9-3-5-10(6-4-9)16(12,13)14;/h4-7H,8-9H2,1H3;3-6,11H,7-8H2,(H,12,13,14);/q;;+1/p-1. The summed E-state index contributed by atoms with van der Waals surface area (Å²) in [5.41, 5.74) is 0. The zero-order valence-electron chi connectivity index (χ0n) is 19.3. The van der Waals surface area contributed by atoms with E-state index in [9.17, 15) is 26.2 Å². The monoisotopic (exact) mass is 566 g/mol. The van der Waals surface area contributed by atoms with Crippen molar-refractivity contribution < 1.29 is 75.1 Å². The molecule has 14 heteroatoms. The van der Waals surface area contributed by atoms with Gasteiger partial charge in [-0.2, -0.15) is 0 Å². The first-order valence-electron chi connectivity index (χ1n) is 9.45. The first kappa shape index (κ1) is 33.7. The Bertz CT molecular complexity index is 1300. The first-order chi connectivity index (χ1) is 16.4. The molecule has 0 radical (unpaired) electrons. The summed E-state index contributed by atoms with van der Waals surface area (Å²) in [6.45, 7) is 1.27. The van der Waals surface area contributed by atoms with E-state index in [4.69, 9.17) is 25.3 Å². The fraction of sp³-hybridized carbons (Fsp3) is 0.227. The number of aliphatic hydroxyl groups is 1. The van der Waals surface area contributed by atoms with Crippen LogP contribution in [0.2, 0.25) is 0 Å². The number of ether oxygens (including phenoxy) is 3. The molecule has 2 aromatic carbocycles. The van der Waals surface area contributed by atoms with Gasteiger partial charge in [-0.25, -0.2) is 16.8 Å². The SMILES string of the molecule is CC(=O)OCC#CCOc1ccc(S(=O)(=O)Cl)cc1.O=S(=O)([O-])c1ccc(OCC#CCO)cc1.[Na+]. The topological polar surface area (TPSA) is 156 Å². The molecule has 0 saturated heterocycles. The van der Waals surface area contributed by atoms with Gasteiger partial charge >= 0.3 is 35.5 Å². The molecule has 0 atom stereocenters. The van der Waals surface area contributed by atoms with E-state index >= 15 is 0 Å². The minimum absolute atomic E-state index is 0. The third-order valence-corrected chi connectivity index (χ3v) is 5.74. The number of hydrogen-bond donors (Lipinski definition) is 1. The summed E-state index contributed by atoms with van der Waals surface area (Å²) in [5, 5.41) is 8.36. The molecule has 2 rings (SSSR count). The van der Waals surface area contributed by atoms with Gasteiger partial charge in [0.2, 0.25) is 0 Å². The van der Waals surface area contributed by atoms with Crippen LogP contribution in [0.4, 0.5) is 0 Å². The Morgan fingerprint density at radius 1 is 0.833 bits per heavy atom. The van der Waals surface area contributed by atoms with E-state index in [1.54, 1.807) is 0 Å². The van der Waals surface area contributed by atoms with Crippen molar-refractivity contribution in [3.63, 3.8) is 0 Å². The summed E-state index contributed by atoms with van der Waals surface area (Å²) in [5.74, 6) is 10.6. The van der Waals surface area contributed by atoms with E-state index in [0.29, 0.717) is 11.5 Å². The molecule has 36 heavy (non-hydrogen) atoms. The Morgan fingerprint density at radius 3 is 1.64 bits per heavy atom. The first-order valence-corrected chi connectivity index (χ1v) is 13.2. The van der Waals surface area contributed by atoms with E-state index < -0.39 is 25.1 Å². The van der Waals surface area contributed by atoms with Crippen molar-refractivity contribution in [1.29, 1.82) is 0 Å². The van der Waals surface area contributed by atoms with Crippen molar-refractivity contribution in [3.8, 4) is 35.2 Å². The number of halogens is 1. The van der Waals surface area contributed by atoms with Crippen LogP contribution in [0.1, 0.15) is 6.92 Å². The number of aliphatic hydroxyl groups excluding tert-OH is 1. The Morgan fingerprint density at radius 2 is 1.25 bits per heavy atom. The normalized spacial score (nSPS) is 10.0. The second-order valence-corrected chi connectivity index (χ2v) is 10.0. The Balaban J connectivity index is 0.000000671. The predicted octanol–water partition coefficient (Wildman–Crippen LogP) is -1.47. The van der Waals surface area contributed by atoms with E-state index in [1.165, 1.54) is 43.3 Å². The minimum atomic E-state index is -4.42. The van der Waals surface area contributed by atoms with Crippen molar-refractivity contribution >= 4 is 35.8 Å². The molecular formula is C22H20ClNaO10S2. The van der Waals surface area contributed by atoms with Gasteiger partial charge in [-0.3, -0.25) is 4.79 Å². The van der Waals surface area contributed by atoms with Crippen molar-refractivity contribution in [3.05, 3.63) is 48.5 Å². The number of rotatable bonds is 7. The zero-order chi connectivity index (χ0) is 26.3. The summed E-state index contributed by atoms with van der Waals surface area (Å²) >= 11 is 0. The van der Waals surface area contributed by atoms with Gasteiger partial charge in [0.25, 0.3) is 9.05 Å². The number of benzene rings is 2. The largest absolute Gasteiger partial charge is 1.00 e. The van der Waals surface area contributed by atoms with Gasteiger partial charge in [0, 0.05) is 17.6 Å². The summed E-state index contributed by atoms with van der Waals surface area (Å²) < 4.78 is 68.7. The average molecular weight is 567 g/mol. The molecule has 0 aliphatic carbocycles. The van der Waals surface area contributed by atoms with Crippen LogP contribution in [0.5, 0.6) is 11.5 Å². The van der Waals surface area contributed by atoms with Gasteiger partial charge in [-0.05, 0) is 48.5 Å². The average Bonchev–Trinajstić information content (AvgIpc) is 2.79. The maximum Gasteiger partial charge on any atom is 1.00 e. The predicted molar refractivity (Wildman–Crippen MR) is 124 cm³/mol. The van der Waals surface area contributed by atoms with Crippen LogP contribution in [0.3, 0.4) is 0 Å². The Labute approximate surface area is 236 Å². The summed E-state index contributed by atoms with van der Waals surface area (Å²) in [7, 11) is -2.97. The van der Waals surface area contributed by atoms with Gasteiger partial charge in [0.05, 0.1) is 9.79 Å². The van der Waals surface area contributed by atoms with Crippen molar-refractivity contribution in [2.24, 2.45) is 0 Å². The Kier molecular flexibility index (Phi) is 16.2. The molecule has 0 aromatic heterocycles. The fourth-order valence-corrected chi connectivity index (χ4v) is 3.23. The number of hydrogen-bond acceptors (Lipinski definition) is 10. The van der Waals surface area contributed by atoms with Crippen LogP contribution in [-0.2, 0) is 28.7 Å². The van der Waals surface area contributed by atoms with Crippen LogP contribution in [0.15, 0.2) is 58.3 Å². The molecular weight excluding hydrogens is 547 g/mol. The quantitative estimate of drug-likeness (QED) is 0.138. The second kappa shape index (κ2) is 17.2. The second-order valence-electron chi connectivity index (χ2n) is 6.06. The van der Waals surface area contributed by atoms with Gasteiger partial charge in [0.15, 0.2) is 6.61 Å². The van der Waals surface area contributed by atoms with Crippen LogP contribution >= 0.6 is 10.7 Å². The molecule has 0 heterocycles. The van der Waals surface area contributed by atoms with Crippen molar-refractivity contribution in [1.82, 2.24) is 0 Å². The molecule has 10 nitrogen and oxygen atoms in total. The summed E-state index contributed by atoms with van der Waals surface area (Å²) in [6.07, 6.45) is 0. The molecule has 0 amide bonds. The van der Waals surface area contributed by atoms with Crippen molar-refractivity contribution in [2.45, 2.75) is 16.7 Å². The van der Waals surface area contributed by atoms with Gasteiger partial charge in [-0.1, -0.05) is 23.7 Å². The smallest absolute Gasteiger partial charge is 0.744 e. The molecule has 2 aromatic rings. The van der Waals surface area contributed by atoms with Gasteiger partial charge in [0.1, 0.15) is 41.4 Å². The third-order valence-electron chi connectivity index (χ3n) is 3.52. The summed E-state index contributed by atoms with van der Waals surface area (Å²) in [4.78, 5) is 10.1. The van der Waals surface area contributed by atoms with Crippen LogP contribution < -0.4 is 39.0 Å². The van der Waals surface area contributed by atoms with Crippen LogP contribution in [-0.4, -0.2) is 58.9 Å². The number of carbonyl (C=O) groups is 1. The fourth-order valence-electron chi connectivity index (χ4n) is 1.99. The van der Waals surface area contributed by atoms with Crippen LogP contribution in [0.25, 0.3) is 0 Å². The molecule has 0 spiro atoms. The number of carbonyl (C=O) groups excluding carboxylic acids is 1. The maximum atomic E-state index is 11.0. The third kappa shape index (κ3) is 15.0. The molecule has 0 aliphatic heterocycles. The molecule has 0 saturated carbocycles. The van der Waals surface area contributed by atoms with E-state index in [0.717, 1.165) is 12.1 Å². The maximum absolute atomic E-state index is 11.0. The molecule has 0 unspecified atom stereocenters. The number of esters is 1. The molecule has 188 valence electrons. The zero-order valence-corrected chi connectivity index (χ0v) is 23.7. The van der Waals surface area contributed by atoms with Gasteiger partial charge in [-0.15, -0.1) is 0 Å². The molecule has 0 aliphatic rings. The van der Waals surface area contributed by atoms with E-state index in [1.807, 2.05) is 0 Å². The molecule has 1 N–H and O–H groups in total. The minimum Gasteiger partial charge on any atom is -0.744 e. The molecule has 0 fully saturated rings. The van der Waals surface area contributed by atoms with Gasteiger partial charge < -0.3 is 23.9 Å². The van der Waals surface area contributed by atoms with Crippen molar-refractivity contribution in [2.75, 3.05) is 26.4 Å². The van der Waals surface area contributed by atoms with Crippen LogP contribution in [0, 0.1) is 23.7 Å².